The molecule has 0 amide bonds. The first-order valence-corrected chi connectivity index (χ1v) is 6.83. The Kier molecular flexibility index (Phi) is 5.38. The topological polar surface area (TPSA) is 0 Å². The van der Waals surface area contributed by atoms with E-state index in [1.54, 1.807) is 0 Å². The highest BCUT2D eigenvalue weighted by atomic mass is 79.9. The lowest BCUT2D eigenvalue weighted by molar-refractivity contribution is 0.518. The molecule has 2 atom stereocenters. The third kappa shape index (κ3) is 3.64. The van der Waals surface area contributed by atoms with Crippen molar-refractivity contribution in [1.82, 2.24) is 0 Å². The van der Waals surface area contributed by atoms with Gasteiger partial charge in [-0.3, -0.25) is 0 Å². The van der Waals surface area contributed by atoms with Gasteiger partial charge in [-0.15, -0.1) is 0 Å². The molecule has 1 aromatic carbocycles. The molecule has 0 saturated heterocycles. The van der Waals surface area contributed by atoms with Gasteiger partial charge in [0.1, 0.15) is 0 Å². The molecular weight excluding hydrogens is 248 g/mol. The SMILES string of the molecule is CCCC(C)C(Br)c1ccc(CC)cc1. The molecule has 0 spiro atoms. The minimum atomic E-state index is 0.503. The summed E-state index contributed by atoms with van der Waals surface area (Å²) in [6, 6.07) is 8.99. The fourth-order valence-electron chi connectivity index (χ4n) is 1.87. The van der Waals surface area contributed by atoms with Crippen molar-refractivity contribution in [2.24, 2.45) is 5.92 Å². The van der Waals surface area contributed by atoms with Gasteiger partial charge in [0, 0.05) is 4.83 Å². The highest BCUT2D eigenvalue weighted by Crippen LogP contribution is 2.33. The van der Waals surface area contributed by atoms with Crippen LogP contribution in [0.2, 0.25) is 0 Å². The van der Waals surface area contributed by atoms with Gasteiger partial charge >= 0.3 is 0 Å². The number of aryl methyl sites for hydroxylation is 1. The zero-order valence-corrected chi connectivity index (χ0v) is 11.5. The number of alkyl halides is 1. The lowest BCUT2D eigenvalue weighted by Crippen LogP contribution is -2.03. The van der Waals surface area contributed by atoms with Gasteiger partial charge < -0.3 is 0 Å². The van der Waals surface area contributed by atoms with Crippen LogP contribution in [0.1, 0.15) is 49.6 Å². The molecule has 1 rings (SSSR count). The Hall–Kier alpha value is -0.300. The van der Waals surface area contributed by atoms with Gasteiger partial charge in [0.2, 0.25) is 0 Å². The average molecular weight is 269 g/mol. The predicted octanol–water partition coefficient (Wildman–Crippen LogP) is 5.12. The van der Waals surface area contributed by atoms with Crippen LogP contribution in [0.15, 0.2) is 24.3 Å². The maximum Gasteiger partial charge on any atom is 0.0420 e. The minimum absolute atomic E-state index is 0.503. The summed E-state index contributed by atoms with van der Waals surface area (Å²) in [5.41, 5.74) is 2.83. The number of halogens is 1. The van der Waals surface area contributed by atoms with Gasteiger partial charge in [-0.05, 0) is 29.9 Å². The van der Waals surface area contributed by atoms with Crippen LogP contribution in [-0.2, 0) is 6.42 Å². The molecule has 84 valence electrons. The molecule has 0 aliphatic carbocycles. The summed E-state index contributed by atoms with van der Waals surface area (Å²) in [6.07, 6.45) is 3.67. The average Bonchev–Trinajstić information content (AvgIpc) is 2.28. The minimum Gasteiger partial charge on any atom is -0.0836 e. The summed E-state index contributed by atoms with van der Waals surface area (Å²) in [5, 5.41) is 0. The second-order valence-electron chi connectivity index (χ2n) is 4.26. The molecule has 0 nitrogen and oxygen atoms in total. The first-order chi connectivity index (χ1) is 7.19. The van der Waals surface area contributed by atoms with Crippen molar-refractivity contribution in [3.8, 4) is 0 Å². The van der Waals surface area contributed by atoms with Crippen LogP contribution in [0, 0.1) is 5.92 Å². The van der Waals surface area contributed by atoms with Crippen LogP contribution in [-0.4, -0.2) is 0 Å². The summed E-state index contributed by atoms with van der Waals surface area (Å²) in [7, 11) is 0. The highest BCUT2D eigenvalue weighted by Gasteiger charge is 2.14. The Balaban J connectivity index is 2.69. The molecule has 0 aliphatic heterocycles. The van der Waals surface area contributed by atoms with Gasteiger partial charge in [-0.1, -0.05) is 67.4 Å². The molecule has 0 bridgehead atoms. The van der Waals surface area contributed by atoms with E-state index in [1.807, 2.05) is 0 Å². The summed E-state index contributed by atoms with van der Waals surface area (Å²) < 4.78 is 0. The first kappa shape index (κ1) is 12.8. The van der Waals surface area contributed by atoms with Crippen molar-refractivity contribution < 1.29 is 0 Å². The Morgan fingerprint density at radius 3 is 2.20 bits per heavy atom. The van der Waals surface area contributed by atoms with Crippen molar-refractivity contribution in [3.63, 3.8) is 0 Å². The number of rotatable bonds is 5. The van der Waals surface area contributed by atoms with E-state index in [4.69, 9.17) is 0 Å². The van der Waals surface area contributed by atoms with E-state index in [-0.39, 0.29) is 0 Å². The van der Waals surface area contributed by atoms with Crippen molar-refractivity contribution in [3.05, 3.63) is 35.4 Å². The van der Waals surface area contributed by atoms with Crippen LogP contribution < -0.4 is 0 Å². The molecule has 0 saturated carbocycles. The van der Waals surface area contributed by atoms with Crippen molar-refractivity contribution in [1.29, 1.82) is 0 Å². The van der Waals surface area contributed by atoms with E-state index in [9.17, 15) is 0 Å². The summed E-state index contributed by atoms with van der Waals surface area (Å²) in [6.45, 7) is 6.76. The molecule has 0 aliphatic rings. The normalized spacial score (nSPS) is 14.9. The molecule has 1 aromatic rings. The van der Waals surface area contributed by atoms with Crippen molar-refractivity contribution in [2.75, 3.05) is 0 Å². The Bertz CT molecular complexity index is 276. The van der Waals surface area contributed by atoms with E-state index in [0.29, 0.717) is 10.7 Å². The molecular formula is C14H21Br. The maximum absolute atomic E-state index is 3.80. The van der Waals surface area contributed by atoms with E-state index in [1.165, 1.54) is 24.0 Å². The van der Waals surface area contributed by atoms with Gasteiger partial charge in [0.25, 0.3) is 0 Å². The van der Waals surface area contributed by atoms with Crippen LogP contribution in [0.3, 0.4) is 0 Å². The van der Waals surface area contributed by atoms with Crippen LogP contribution >= 0.6 is 15.9 Å². The third-order valence-electron chi connectivity index (χ3n) is 2.95. The molecule has 2 unspecified atom stereocenters. The first-order valence-electron chi connectivity index (χ1n) is 5.91. The molecule has 1 heteroatoms. The summed E-state index contributed by atoms with van der Waals surface area (Å²) in [5.74, 6) is 0.711. The fourth-order valence-corrected chi connectivity index (χ4v) is 2.44. The number of hydrogen-bond donors (Lipinski definition) is 0. The maximum atomic E-state index is 3.80. The smallest absolute Gasteiger partial charge is 0.0420 e. The van der Waals surface area contributed by atoms with Crippen LogP contribution in [0.4, 0.5) is 0 Å². The predicted molar refractivity (Wildman–Crippen MR) is 71.6 cm³/mol. The second kappa shape index (κ2) is 6.32. The van der Waals surface area contributed by atoms with Gasteiger partial charge in [0.15, 0.2) is 0 Å². The van der Waals surface area contributed by atoms with Gasteiger partial charge in [0.05, 0.1) is 0 Å². The number of hydrogen-bond acceptors (Lipinski definition) is 0. The molecule has 0 N–H and O–H groups in total. The lowest BCUT2D eigenvalue weighted by atomic mass is 9.96. The standard InChI is InChI=1S/C14H21Br/c1-4-6-11(3)14(15)13-9-7-12(5-2)8-10-13/h7-11,14H,4-6H2,1-3H3. The Morgan fingerprint density at radius 2 is 1.73 bits per heavy atom. The highest BCUT2D eigenvalue weighted by molar-refractivity contribution is 9.09. The molecule has 0 radical (unpaired) electrons. The Labute approximate surface area is 102 Å². The Morgan fingerprint density at radius 1 is 1.13 bits per heavy atom. The lowest BCUT2D eigenvalue weighted by Gasteiger charge is -2.18. The second-order valence-corrected chi connectivity index (χ2v) is 5.25. The van der Waals surface area contributed by atoms with Crippen LogP contribution in [0.5, 0.6) is 0 Å². The van der Waals surface area contributed by atoms with E-state index in [0.717, 1.165) is 6.42 Å². The summed E-state index contributed by atoms with van der Waals surface area (Å²) >= 11 is 3.80. The van der Waals surface area contributed by atoms with E-state index in [2.05, 4.69) is 61.0 Å². The van der Waals surface area contributed by atoms with Crippen molar-refractivity contribution >= 4 is 15.9 Å². The molecule has 0 heterocycles. The van der Waals surface area contributed by atoms with E-state index < -0.39 is 0 Å². The quantitative estimate of drug-likeness (QED) is 0.651. The third-order valence-corrected chi connectivity index (χ3v) is 4.38. The molecule has 0 aromatic heterocycles. The molecule has 15 heavy (non-hydrogen) atoms. The molecule has 0 fully saturated rings. The van der Waals surface area contributed by atoms with Gasteiger partial charge in [-0.2, -0.15) is 0 Å². The fraction of sp³-hybridized carbons (Fsp3) is 0.571. The zero-order valence-electron chi connectivity index (χ0n) is 9.96. The largest absolute Gasteiger partial charge is 0.0836 e. The monoisotopic (exact) mass is 268 g/mol. The van der Waals surface area contributed by atoms with Gasteiger partial charge in [-0.25, -0.2) is 0 Å². The summed E-state index contributed by atoms with van der Waals surface area (Å²) in [4.78, 5) is 0.503. The zero-order chi connectivity index (χ0) is 11.3. The van der Waals surface area contributed by atoms with E-state index >= 15 is 0 Å². The van der Waals surface area contributed by atoms with Crippen LogP contribution in [0.25, 0.3) is 0 Å². The van der Waals surface area contributed by atoms with Crippen molar-refractivity contribution in [2.45, 2.75) is 44.9 Å². The number of benzene rings is 1.